The summed E-state index contributed by atoms with van der Waals surface area (Å²) in [7, 11) is -9.52. The topological polar surface area (TPSA) is 311 Å². The molecule has 1 saturated heterocycles. The molecular weight excluding hydrogens is 1180 g/mol. The lowest BCUT2D eigenvalue weighted by atomic mass is 10.2. The van der Waals surface area contributed by atoms with Gasteiger partial charge in [0, 0.05) is 41.7 Å². The molecule has 0 aliphatic carbocycles. The van der Waals surface area contributed by atoms with E-state index in [1.54, 1.807) is 29.1 Å². The van der Waals surface area contributed by atoms with E-state index in [2.05, 4.69) is 30.1 Å². The highest BCUT2D eigenvalue weighted by molar-refractivity contribution is 7.70. The largest absolute Gasteiger partial charge is 0.420 e. The first kappa shape index (κ1) is 65.1. The number of fused-ring (bicyclic) bond motifs is 1. The Morgan fingerprint density at radius 1 is 0.762 bits per heavy atom. The van der Waals surface area contributed by atoms with Crippen LogP contribution in [0.2, 0.25) is 15.3 Å². The smallest absolute Gasteiger partial charge is 0.340 e. The molecule has 0 radical (unpaired) electrons. The van der Waals surface area contributed by atoms with Crippen LogP contribution in [0, 0.1) is 17.5 Å². The minimum absolute atomic E-state index is 0.0614. The van der Waals surface area contributed by atoms with E-state index in [4.69, 9.17) is 91.7 Å². The third-order valence-electron chi connectivity index (χ3n) is 10.9. The van der Waals surface area contributed by atoms with Gasteiger partial charge in [-0.05, 0) is 35.4 Å². The molecule has 0 bridgehead atoms. The second-order valence-corrected chi connectivity index (χ2v) is 22.5. The molecule has 1 aliphatic heterocycles. The van der Waals surface area contributed by atoms with Crippen LogP contribution in [0.5, 0.6) is 5.75 Å². The maximum absolute atomic E-state index is 13.6. The van der Waals surface area contributed by atoms with E-state index in [1.165, 1.54) is 10.9 Å². The summed E-state index contributed by atoms with van der Waals surface area (Å²) in [4.78, 5) is 50.6. The fraction of sp³-hybridized carbons (Fsp3) is 0.565. The number of nitrogens with zero attached hydrogens (tertiary/aromatic N) is 8. The zero-order chi connectivity index (χ0) is 57.5. The normalized spacial score (nSPS) is 16.4. The highest BCUT2D eigenvalue weighted by Gasteiger charge is 2.40. The molecule has 5 aromatic rings. The number of aromatic nitrogens is 7. The Balaban J connectivity index is 0.785. The van der Waals surface area contributed by atoms with Crippen LogP contribution in [0.4, 0.5) is 19.0 Å². The molecule has 1 aliphatic rings. The zero-order valence-electron chi connectivity index (χ0n) is 42.8. The van der Waals surface area contributed by atoms with Gasteiger partial charge in [0.25, 0.3) is 0 Å². The van der Waals surface area contributed by atoms with Gasteiger partial charge in [0.05, 0.1) is 149 Å². The molecule has 444 valence electrons. The average Bonchev–Trinajstić information content (AvgIpc) is 4.25. The van der Waals surface area contributed by atoms with Gasteiger partial charge in [-0.15, -0.1) is 5.10 Å². The van der Waals surface area contributed by atoms with E-state index in [-0.39, 0.29) is 83.1 Å². The van der Waals surface area contributed by atoms with Crippen LogP contribution in [0.3, 0.4) is 0 Å². The lowest BCUT2D eigenvalue weighted by molar-refractivity contribution is -0.136. The minimum atomic E-state index is -4.85. The van der Waals surface area contributed by atoms with Gasteiger partial charge in [0.15, 0.2) is 29.4 Å². The quantitative estimate of drug-likeness (QED) is 0.0130. The maximum atomic E-state index is 13.6. The molecule has 2 aromatic carbocycles. The van der Waals surface area contributed by atoms with Crippen molar-refractivity contribution in [1.29, 1.82) is 0 Å². The van der Waals surface area contributed by atoms with Gasteiger partial charge >= 0.3 is 21.2 Å². The second kappa shape index (κ2) is 33.3. The zero-order valence-corrected chi connectivity index (χ0v) is 46.8. The Labute approximate surface area is 471 Å². The number of anilines is 1. The molecule has 4 heterocycles. The summed E-state index contributed by atoms with van der Waals surface area (Å²) in [6.45, 7) is 4.79. The molecule has 0 saturated carbocycles. The average molecular weight is 1240 g/mol. The Kier molecular flexibility index (Phi) is 27.1. The fourth-order valence-electron chi connectivity index (χ4n) is 7.42. The number of aliphatic hydroxyl groups excluding tert-OH is 1. The summed E-state index contributed by atoms with van der Waals surface area (Å²) in [5.41, 5.74) is 1.58. The molecule has 26 nitrogen and oxygen atoms in total. The van der Waals surface area contributed by atoms with Crippen molar-refractivity contribution in [2.24, 2.45) is 0 Å². The number of hydrogen-bond acceptors (Lipinski definition) is 21. The van der Waals surface area contributed by atoms with Crippen molar-refractivity contribution in [1.82, 2.24) is 34.7 Å². The SMILES string of the molecule is O=C(CCOCCOCCOCCOCCn1cc(COCCOCCOCCOCCN(Cc2cc(Cl)cc(Cl)c2)c2nc(Cl)nc3c2cnn3[C@@H]2O[C@H](COP(=O)(O)CP(=O)(O)O)C[C@H]2O)nn1)Oc1c(F)cc(F)cc1F. The van der Waals surface area contributed by atoms with E-state index >= 15 is 0 Å². The molecule has 6 rings (SSSR count). The first-order valence-corrected chi connectivity index (χ1v) is 29.3. The number of rotatable bonds is 39. The lowest BCUT2D eigenvalue weighted by Crippen LogP contribution is -2.29. The van der Waals surface area contributed by atoms with E-state index in [0.29, 0.717) is 105 Å². The Morgan fingerprint density at radius 3 is 1.95 bits per heavy atom. The molecule has 3 aromatic heterocycles. The van der Waals surface area contributed by atoms with Crippen LogP contribution >= 0.6 is 50.0 Å². The van der Waals surface area contributed by atoms with Crippen LogP contribution in [-0.4, -0.2) is 191 Å². The Bertz CT molecular complexity index is 2790. The summed E-state index contributed by atoms with van der Waals surface area (Å²) in [5.74, 6) is -6.68. The van der Waals surface area contributed by atoms with Crippen LogP contribution < -0.4 is 9.64 Å². The lowest BCUT2D eigenvalue weighted by Gasteiger charge is -2.25. The number of benzene rings is 2. The number of esters is 1. The van der Waals surface area contributed by atoms with Crippen molar-refractivity contribution in [3.8, 4) is 5.75 Å². The molecule has 4 N–H and O–H groups in total. The van der Waals surface area contributed by atoms with Gasteiger partial charge in [-0.1, -0.05) is 28.4 Å². The van der Waals surface area contributed by atoms with E-state index < -0.39 is 75.3 Å². The summed E-state index contributed by atoms with van der Waals surface area (Å²) < 4.78 is 127. The third kappa shape index (κ3) is 23.0. The van der Waals surface area contributed by atoms with Crippen molar-refractivity contribution >= 4 is 72.8 Å². The van der Waals surface area contributed by atoms with Crippen molar-refractivity contribution in [2.45, 2.75) is 51.0 Å². The molecule has 80 heavy (non-hydrogen) atoms. The first-order chi connectivity index (χ1) is 38.3. The fourth-order valence-corrected chi connectivity index (χ4v) is 10.7. The predicted molar refractivity (Wildman–Crippen MR) is 277 cm³/mol. The van der Waals surface area contributed by atoms with Crippen molar-refractivity contribution in [3.05, 3.63) is 86.8 Å². The van der Waals surface area contributed by atoms with E-state index in [1.807, 2.05) is 4.90 Å². The van der Waals surface area contributed by atoms with Crippen molar-refractivity contribution < 1.29 is 98.8 Å². The van der Waals surface area contributed by atoms with Crippen LogP contribution in [-0.2, 0) is 80.8 Å². The van der Waals surface area contributed by atoms with Gasteiger partial charge in [-0.2, -0.15) is 15.1 Å². The Hall–Kier alpha value is -4.04. The predicted octanol–water partition coefficient (Wildman–Crippen LogP) is 5.12. The first-order valence-electron chi connectivity index (χ1n) is 24.6. The van der Waals surface area contributed by atoms with Gasteiger partial charge in [-0.3, -0.25) is 13.9 Å². The number of ether oxygens (including phenoxy) is 10. The number of aliphatic hydroxyl groups is 1. The van der Waals surface area contributed by atoms with E-state index in [9.17, 15) is 37.1 Å². The molecule has 0 spiro atoms. The number of carbonyl (C=O) groups excluding carboxylic acids is 1. The summed E-state index contributed by atoms with van der Waals surface area (Å²) in [5, 5.41) is 24.6. The summed E-state index contributed by atoms with van der Waals surface area (Å²) in [6, 6.07) is 5.92. The molecule has 1 unspecified atom stereocenters. The van der Waals surface area contributed by atoms with Gasteiger partial charge < -0.3 is 76.6 Å². The minimum Gasteiger partial charge on any atom is -0.420 e. The van der Waals surface area contributed by atoms with Crippen LogP contribution in [0.15, 0.2) is 42.7 Å². The molecule has 4 atom stereocenters. The molecule has 34 heteroatoms. The van der Waals surface area contributed by atoms with Crippen molar-refractivity contribution in [3.63, 3.8) is 0 Å². The number of carbonyl (C=O) groups is 1. The highest BCUT2D eigenvalue weighted by atomic mass is 35.5. The number of halogens is 6. The van der Waals surface area contributed by atoms with Gasteiger partial charge in [0.1, 0.15) is 23.4 Å². The van der Waals surface area contributed by atoms with Crippen LogP contribution in [0.1, 0.15) is 30.3 Å². The molecule has 0 amide bonds. The molecular formula is C46H60Cl3F3N8O18P2. The van der Waals surface area contributed by atoms with Gasteiger partial charge in [0.2, 0.25) is 11.0 Å². The maximum Gasteiger partial charge on any atom is 0.340 e. The summed E-state index contributed by atoms with van der Waals surface area (Å²) in [6.07, 6.45) is -0.365. The second-order valence-electron chi connectivity index (χ2n) is 17.3. The monoisotopic (exact) mass is 1240 g/mol. The van der Waals surface area contributed by atoms with Crippen molar-refractivity contribution in [2.75, 3.05) is 123 Å². The third-order valence-corrected chi connectivity index (χ3v) is 15.0. The van der Waals surface area contributed by atoms with Gasteiger partial charge in [-0.25, -0.2) is 22.5 Å². The standard InChI is InChI=1S/C46H60Cl3F3N8O18P2/c47-32-19-31(20-33(48)21-32)26-58(43-37-25-53-60(44(37)55-46(49)54-43)45-40(61)24-36(77-45)29-76-80(66,67)30-79(63,64)65)2-5-69-8-11-72-15-16-74-17-18-75-28-35-27-59(57-56-35)3-6-70-9-12-73-14-13-71-10-7-68-4-1-41(62)78-42-38(51)22-34(50)23-39(42)52/h19-23,25,27,36,40,45,61H,1-18,24,26,28-30H2,(H,66,67)(H2,63,64,65)/t36-,40+,45+/m0/s1. The van der Waals surface area contributed by atoms with E-state index in [0.717, 1.165) is 5.56 Å². The Morgan fingerprint density at radius 2 is 1.34 bits per heavy atom. The highest BCUT2D eigenvalue weighted by Crippen LogP contribution is 2.55. The number of hydrogen-bond donors (Lipinski definition) is 4. The van der Waals surface area contributed by atoms with Crippen LogP contribution in [0.25, 0.3) is 11.0 Å². The summed E-state index contributed by atoms with van der Waals surface area (Å²) >= 11 is 19.1. The molecule has 1 fully saturated rings.